The highest BCUT2D eigenvalue weighted by Crippen LogP contribution is 2.28. The molecule has 0 N–H and O–H groups in total. The van der Waals surface area contributed by atoms with Crippen LogP contribution in [0.15, 0.2) is 48.8 Å². The summed E-state index contributed by atoms with van der Waals surface area (Å²) >= 11 is 0. The summed E-state index contributed by atoms with van der Waals surface area (Å²) in [5.41, 5.74) is 2.09. The zero-order valence-corrected chi connectivity index (χ0v) is 11.5. The van der Waals surface area contributed by atoms with E-state index in [9.17, 15) is 4.39 Å². The topological polar surface area (TPSA) is 16.1 Å². The van der Waals surface area contributed by atoms with E-state index in [1.807, 2.05) is 36.7 Å². The molecular formula is C17H19FN2. The first-order valence-corrected chi connectivity index (χ1v) is 7.19. The van der Waals surface area contributed by atoms with Gasteiger partial charge in [0.15, 0.2) is 0 Å². The van der Waals surface area contributed by atoms with Gasteiger partial charge in [0.25, 0.3) is 0 Å². The maximum Gasteiger partial charge on any atom is 0.127 e. The average molecular weight is 270 g/mol. The van der Waals surface area contributed by atoms with Crippen molar-refractivity contribution in [3.05, 3.63) is 65.7 Å². The van der Waals surface area contributed by atoms with Gasteiger partial charge in [-0.3, -0.25) is 9.88 Å². The second-order valence-corrected chi connectivity index (χ2v) is 5.40. The zero-order chi connectivity index (χ0) is 13.8. The molecule has 0 atom stereocenters. The molecule has 104 valence electrons. The van der Waals surface area contributed by atoms with Crippen LogP contribution in [0.1, 0.15) is 24.0 Å². The van der Waals surface area contributed by atoms with Crippen LogP contribution in [0.4, 0.5) is 4.39 Å². The van der Waals surface area contributed by atoms with Gasteiger partial charge in [0.1, 0.15) is 5.82 Å². The van der Waals surface area contributed by atoms with Gasteiger partial charge in [-0.15, -0.1) is 0 Å². The van der Waals surface area contributed by atoms with Crippen molar-refractivity contribution >= 4 is 0 Å². The molecule has 0 radical (unpaired) electrons. The summed E-state index contributed by atoms with van der Waals surface area (Å²) in [4.78, 5) is 6.44. The van der Waals surface area contributed by atoms with Crippen LogP contribution in [-0.2, 0) is 13.0 Å². The maximum atomic E-state index is 13.8. The Labute approximate surface area is 119 Å². The molecule has 1 fully saturated rings. The fraction of sp³-hybridized carbons (Fsp3) is 0.353. The minimum absolute atomic E-state index is 0.0953. The molecule has 1 saturated carbocycles. The maximum absolute atomic E-state index is 13.8. The van der Waals surface area contributed by atoms with Crippen molar-refractivity contribution in [3.63, 3.8) is 0 Å². The van der Waals surface area contributed by atoms with Crippen LogP contribution >= 0.6 is 0 Å². The van der Waals surface area contributed by atoms with E-state index in [-0.39, 0.29) is 5.82 Å². The van der Waals surface area contributed by atoms with Crippen molar-refractivity contribution in [2.24, 2.45) is 0 Å². The third-order valence-corrected chi connectivity index (χ3v) is 3.83. The molecule has 0 saturated heterocycles. The monoisotopic (exact) mass is 270 g/mol. The van der Waals surface area contributed by atoms with Crippen LogP contribution in [-0.4, -0.2) is 22.5 Å². The van der Waals surface area contributed by atoms with Crippen molar-refractivity contribution in [1.82, 2.24) is 9.88 Å². The Kier molecular flexibility index (Phi) is 4.07. The molecule has 1 heterocycles. The van der Waals surface area contributed by atoms with Gasteiger partial charge >= 0.3 is 0 Å². The van der Waals surface area contributed by atoms with E-state index in [0.29, 0.717) is 12.6 Å². The predicted octanol–water partition coefficient (Wildman–Crippen LogP) is 3.43. The molecule has 3 rings (SSSR count). The lowest BCUT2D eigenvalue weighted by Crippen LogP contribution is -2.28. The van der Waals surface area contributed by atoms with E-state index in [0.717, 1.165) is 18.5 Å². The number of nitrogens with zero attached hydrogens (tertiary/aromatic N) is 2. The van der Waals surface area contributed by atoms with Gasteiger partial charge in [0.2, 0.25) is 0 Å². The van der Waals surface area contributed by atoms with Crippen molar-refractivity contribution in [1.29, 1.82) is 0 Å². The molecule has 0 unspecified atom stereocenters. The Morgan fingerprint density at radius 1 is 1.10 bits per heavy atom. The smallest absolute Gasteiger partial charge is 0.127 e. The van der Waals surface area contributed by atoms with Crippen molar-refractivity contribution in [3.8, 4) is 0 Å². The van der Waals surface area contributed by atoms with E-state index < -0.39 is 0 Å². The van der Waals surface area contributed by atoms with E-state index in [4.69, 9.17) is 0 Å². The molecule has 1 aliphatic carbocycles. The SMILES string of the molecule is Fc1ccccc1CN(CCc1ccncc1)C1CC1. The van der Waals surface area contributed by atoms with Gasteiger partial charge in [-0.05, 0) is 43.0 Å². The van der Waals surface area contributed by atoms with E-state index >= 15 is 0 Å². The summed E-state index contributed by atoms with van der Waals surface area (Å²) in [5, 5.41) is 0. The van der Waals surface area contributed by atoms with E-state index in [2.05, 4.69) is 9.88 Å². The Balaban J connectivity index is 1.63. The van der Waals surface area contributed by atoms with Crippen LogP contribution in [0.2, 0.25) is 0 Å². The summed E-state index contributed by atoms with van der Waals surface area (Å²) in [7, 11) is 0. The predicted molar refractivity (Wildman–Crippen MR) is 77.8 cm³/mol. The lowest BCUT2D eigenvalue weighted by molar-refractivity contribution is 0.254. The Morgan fingerprint density at radius 2 is 1.85 bits per heavy atom. The third-order valence-electron chi connectivity index (χ3n) is 3.83. The number of aromatic nitrogens is 1. The number of pyridine rings is 1. The standard InChI is InChI=1S/C17H19FN2/c18-17-4-2-1-3-15(17)13-20(16-5-6-16)12-9-14-7-10-19-11-8-14/h1-4,7-8,10-11,16H,5-6,9,12-13H2. The molecule has 1 aromatic carbocycles. The molecule has 20 heavy (non-hydrogen) atoms. The highest BCUT2D eigenvalue weighted by atomic mass is 19.1. The number of benzene rings is 1. The quantitative estimate of drug-likeness (QED) is 0.799. The molecule has 0 aliphatic heterocycles. The summed E-state index contributed by atoms with van der Waals surface area (Å²) in [5.74, 6) is -0.0953. The first-order valence-electron chi connectivity index (χ1n) is 7.19. The first-order chi connectivity index (χ1) is 9.83. The number of halogens is 1. The largest absolute Gasteiger partial charge is 0.296 e. The molecule has 2 aromatic rings. The Morgan fingerprint density at radius 3 is 2.55 bits per heavy atom. The molecular weight excluding hydrogens is 251 g/mol. The molecule has 1 aliphatic rings. The Bertz CT molecular complexity index is 552. The molecule has 0 spiro atoms. The minimum atomic E-state index is -0.0953. The van der Waals surface area contributed by atoms with Gasteiger partial charge in [0.05, 0.1) is 0 Å². The van der Waals surface area contributed by atoms with Gasteiger partial charge in [-0.2, -0.15) is 0 Å². The Hall–Kier alpha value is -1.74. The second-order valence-electron chi connectivity index (χ2n) is 5.40. The molecule has 0 bridgehead atoms. The summed E-state index contributed by atoms with van der Waals surface area (Å²) in [6, 6.07) is 11.8. The fourth-order valence-corrected chi connectivity index (χ4v) is 2.50. The first kappa shape index (κ1) is 13.3. The van der Waals surface area contributed by atoms with Gasteiger partial charge in [-0.1, -0.05) is 18.2 Å². The van der Waals surface area contributed by atoms with Crippen LogP contribution in [0.5, 0.6) is 0 Å². The van der Waals surface area contributed by atoms with E-state index in [1.54, 1.807) is 12.1 Å². The van der Waals surface area contributed by atoms with Gasteiger partial charge < -0.3 is 0 Å². The van der Waals surface area contributed by atoms with Crippen LogP contribution in [0.25, 0.3) is 0 Å². The normalized spacial score (nSPS) is 14.7. The molecule has 1 aromatic heterocycles. The summed E-state index contributed by atoms with van der Waals surface area (Å²) in [6.45, 7) is 1.69. The molecule has 2 nitrogen and oxygen atoms in total. The third kappa shape index (κ3) is 3.42. The second kappa shape index (κ2) is 6.14. The van der Waals surface area contributed by atoms with Crippen LogP contribution < -0.4 is 0 Å². The lowest BCUT2D eigenvalue weighted by Gasteiger charge is -2.22. The highest BCUT2D eigenvalue weighted by Gasteiger charge is 2.29. The molecule has 0 amide bonds. The zero-order valence-electron chi connectivity index (χ0n) is 11.5. The highest BCUT2D eigenvalue weighted by molar-refractivity contribution is 5.18. The van der Waals surface area contributed by atoms with Crippen molar-refractivity contribution in [2.45, 2.75) is 31.8 Å². The van der Waals surface area contributed by atoms with Gasteiger partial charge in [0, 0.05) is 37.1 Å². The fourth-order valence-electron chi connectivity index (χ4n) is 2.50. The number of hydrogen-bond acceptors (Lipinski definition) is 2. The minimum Gasteiger partial charge on any atom is -0.296 e. The van der Waals surface area contributed by atoms with Crippen molar-refractivity contribution in [2.75, 3.05) is 6.54 Å². The number of hydrogen-bond donors (Lipinski definition) is 0. The number of rotatable bonds is 6. The van der Waals surface area contributed by atoms with Crippen LogP contribution in [0, 0.1) is 5.82 Å². The van der Waals surface area contributed by atoms with E-state index in [1.165, 1.54) is 18.4 Å². The van der Waals surface area contributed by atoms with Crippen molar-refractivity contribution < 1.29 is 4.39 Å². The lowest BCUT2D eigenvalue weighted by atomic mass is 10.1. The van der Waals surface area contributed by atoms with Gasteiger partial charge in [-0.25, -0.2) is 4.39 Å². The molecule has 3 heteroatoms. The van der Waals surface area contributed by atoms with Crippen LogP contribution in [0.3, 0.4) is 0 Å². The summed E-state index contributed by atoms with van der Waals surface area (Å²) < 4.78 is 13.8. The summed E-state index contributed by atoms with van der Waals surface area (Å²) in [6.07, 6.45) is 7.13. The average Bonchev–Trinajstić information content (AvgIpc) is 3.31.